The maximum Gasteiger partial charge on any atom is 0.246 e. The molecule has 1 aliphatic rings. The van der Waals surface area contributed by atoms with Crippen molar-refractivity contribution >= 4 is 16.0 Å². The van der Waals surface area contributed by atoms with Gasteiger partial charge < -0.3 is 5.32 Å². The summed E-state index contributed by atoms with van der Waals surface area (Å²) in [5, 5.41) is 9.60. The first-order valence-corrected chi connectivity index (χ1v) is 10.7. The van der Waals surface area contributed by atoms with Crippen molar-refractivity contribution in [1.82, 2.24) is 9.62 Å². The lowest BCUT2D eigenvalue weighted by atomic mass is 9.82. The summed E-state index contributed by atoms with van der Waals surface area (Å²) in [6, 6.07) is 9.99. The topological polar surface area (TPSA) is 73.3 Å². The van der Waals surface area contributed by atoms with Crippen LogP contribution in [0.3, 0.4) is 0 Å². The standard InChI is InChI=1S/C21H25F2N3O2S/c1-20(2,3)14-8-6-13(7-9-14)18-21(4,16-12-15(22)10-11-17(16)23)25-19(24)26(5)29(18,27)28/h6-12,18H,1-5H3,(H2,24,25)/t18-,21-/m1/s1. The highest BCUT2D eigenvalue weighted by Crippen LogP contribution is 2.45. The van der Waals surface area contributed by atoms with Crippen LogP contribution < -0.4 is 5.32 Å². The van der Waals surface area contributed by atoms with Crippen molar-refractivity contribution in [3.63, 3.8) is 0 Å². The molecular weight excluding hydrogens is 396 g/mol. The normalized spacial score (nSPS) is 24.3. The van der Waals surface area contributed by atoms with Crippen LogP contribution in [-0.4, -0.2) is 25.7 Å². The highest BCUT2D eigenvalue weighted by Gasteiger charge is 2.53. The van der Waals surface area contributed by atoms with E-state index in [2.05, 4.69) is 5.32 Å². The minimum Gasteiger partial charge on any atom is -0.345 e. The minimum absolute atomic E-state index is 0.126. The molecule has 0 bridgehead atoms. The maximum absolute atomic E-state index is 14.7. The van der Waals surface area contributed by atoms with Gasteiger partial charge >= 0.3 is 0 Å². The molecule has 1 saturated heterocycles. The zero-order valence-corrected chi connectivity index (χ0v) is 17.9. The van der Waals surface area contributed by atoms with Crippen LogP contribution in [-0.2, 0) is 21.0 Å². The number of nitrogens with zero attached hydrogens (tertiary/aromatic N) is 1. The third-order valence-corrected chi connectivity index (χ3v) is 7.75. The molecule has 1 fully saturated rings. The molecular formula is C21H25F2N3O2S. The number of sulfonamides is 1. The Balaban J connectivity index is 2.25. The van der Waals surface area contributed by atoms with E-state index in [0.29, 0.717) is 5.56 Å². The van der Waals surface area contributed by atoms with Crippen LogP contribution in [0.1, 0.15) is 49.6 Å². The summed E-state index contributed by atoms with van der Waals surface area (Å²) in [5.41, 5.74) is -0.418. The molecule has 2 atom stereocenters. The van der Waals surface area contributed by atoms with Gasteiger partial charge in [0.15, 0.2) is 0 Å². The molecule has 0 aliphatic carbocycles. The van der Waals surface area contributed by atoms with Crippen LogP contribution >= 0.6 is 0 Å². The average Bonchev–Trinajstić information content (AvgIpc) is 2.61. The number of benzene rings is 2. The molecule has 2 aromatic rings. The number of hydrogen-bond donors (Lipinski definition) is 2. The highest BCUT2D eigenvalue weighted by atomic mass is 32.2. The second-order valence-corrected chi connectivity index (χ2v) is 10.6. The Morgan fingerprint density at radius 3 is 2.24 bits per heavy atom. The first-order chi connectivity index (χ1) is 13.3. The van der Waals surface area contributed by atoms with Crippen molar-refractivity contribution in [2.45, 2.75) is 43.9 Å². The summed E-state index contributed by atoms with van der Waals surface area (Å²) in [5.74, 6) is -1.84. The lowest BCUT2D eigenvalue weighted by molar-refractivity contribution is 0.343. The summed E-state index contributed by atoms with van der Waals surface area (Å²) in [6.07, 6.45) is 0. The van der Waals surface area contributed by atoms with Crippen LogP contribution in [0.4, 0.5) is 8.78 Å². The Kier molecular flexibility index (Phi) is 4.98. The largest absolute Gasteiger partial charge is 0.345 e. The molecule has 1 heterocycles. The van der Waals surface area contributed by atoms with E-state index in [1.807, 2.05) is 32.9 Å². The second kappa shape index (κ2) is 6.79. The van der Waals surface area contributed by atoms with Gasteiger partial charge in [0.05, 0.1) is 5.54 Å². The van der Waals surface area contributed by atoms with Gasteiger partial charge in [-0.2, -0.15) is 0 Å². The smallest absolute Gasteiger partial charge is 0.246 e. The van der Waals surface area contributed by atoms with Gasteiger partial charge in [-0.15, -0.1) is 0 Å². The van der Waals surface area contributed by atoms with Crippen LogP contribution in [0.15, 0.2) is 42.5 Å². The number of rotatable bonds is 2. The molecule has 0 saturated carbocycles. The van der Waals surface area contributed by atoms with Crippen LogP contribution in [0.5, 0.6) is 0 Å². The number of nitrogens with one attached hydrogen (secondary N) is 2. The molecule has 2 aromatic carbocycles. The molecule has 0 radical (unpaired) electrons. The van der Waals surface area contributed by atoms with Crippen LogP contribution in [0.25, 0.3) is 0 Å². The third kappa shape index (κ3) is 3.50. The Hall–Kier alpha value is -2.48. The summed E-state index contributed by atoms with van der Waals surface area (Å²) in [6.45, 7) is 7.61. The first kappa shape index (κ1) is 21.2. The van der Waals surface area contributed by atoms with Crippen molar-refractivity contribution in [2.75, 3.05) is 7.05 Å². The summed E-state index contributed by atoms with van der Waals surface area (Å²) in [4.78, 5) is 0. The van der Waals surface area contributed by atoms with E-state index in [4.69, 9.17) is 5.41 Å². The summed E-state index contributed by atoms with van der Waals surface area (Å²) in [7, 11) is -2.81. The van der Waals surface area contributed by atoms with Gasteiger partial charge in [-0.3, -0.25) is 5.41 Å². The molecule has 8 heteroatoms. The fraction of sp³-hybridized carbons (Fsp3) is 0.381. The Bertz CT molecular complexity index is 1060. The number of guanidine groups is 1. The molecule has 0 unspecified atom stereocenters. The number of halogens is 2. The average molecular weight is 422 g/mol. The van der Waals surface area contributed by atoms with Gasteiger partial charge in [0, 0.05) is 12.6 Å². The van der Waals surface area contributed by atoms with Crippen LogP contribution in [0, 0.1) is 17.0 Å². The quantitative estimate of drug-likeness (QED) is 0.769. The van der Waals surface area contributed by atoms with E-state index < -0.39 is 38.4 Å². The van der Waals surface area contributed by atoms with Crippen LogP contribution in [0.2, 0.25) is 0 Å². The molecule has 5 nitrogen and oxygen atoms in total. The van der Waals surface area contributed by atoms with Gasteiger partial charge in [0.2, 0.25) is 16.0 Å². The Labute approximate surface area is 170 Å². The van der Waals surface area contributed by atoms with Gasteiger partial charge in [0.25, 0.3) is 0 Å². The van der Waals surface area contributed by atoms with Crippen molar-refractivity contribution in [2.24, 2.45) is 0 Å². The second-order valence-electron chi connectivity index (χ2n) is 8.56. The fourth-order valence-electron chi connectivity index (χ4n) is 3.74. The summed E-state index contributed by atoms with van der Waals surface area (Å²) >= 11 is 0. The van der Waals surface area contributed by atoms with Crippen molar-refractivity contribution in [3.05, 3.63) is 70.8 Å². The SMILES string of the molecule is CN1C(=N)N[C@](C)(c2cc(F)ccc2F)[C@@H](c2ccc(C(C)(C)C)cc2)S1(=O)=O. The van der Waals surface area contributed by atoms with Gasteiger partial charge in [-0.25, -0.2) is 21.5 Å². The Morgan fingerprint density at radius 1 is 1.10 bits per heavy atom. The molecule has 29 heavy (non-hydrogen) atoms. The lowest BCUT2D eigenvalue weighted by Gasteiger charge is -2.46. The Morgan fingerprint density at radius 2 is 1.69 bits per heavy atom. The van der Waals surface area contributed by atoms with E-state index in [9.17, 15) is 17.2 Å². The maximum atomic E-state index is 14.7. The number of hydrogen-bond acceptors (Lipinski definition) is 3. The predicted molar refractivity (Wildman–Crippen MR) is 109 cm³/mol. The summed E-state index contributed by atoms with van der Waals surface area (Å²) < 4.78 is 56.1. The van der Waals surface area contributed by atoms with Crippen molar-refractivity contribution in [1.29, 1.82) is 5.41 Å². The molecule has 3 rings (SSSR count). The molecule has 156 valence electrons. The van der Waals surface area contributed by atoms with E-state index in [1.165, 1.54) is 14.0 Å². The first-order valence-electron chi connectivity index (χ1n) is 9.19. The van der Waals surface area contributed by atoms with Crippen molar-refractivity contribution < 1.29 is 17.2 Å². The monoisotopic (exact) mass is 421 g/mol. The van der Waals surface area contributed by atoms with Gasteiger partial charge in [-0.05, 0) is 41.7 Å². The minimum atomic E-state index is -4.08. The zero-order chi connectivity index (χ0) is 21.8. The molecule has 2 N–H and O–H groups in total. The van der Waals surface area contributed by atoms with Crippen molar-refractivity contribution in [3.8, 4) is 0 Å². The molecule has 0 spiro atoms. The lowest BCUT2D eigenvalue weighted by Crippen LogP contribution is -2.62. The van der Waals surface area contributed by atoms with Gasteiger partial charge in [0.1, 0.15) is 16.9 Å². The molecule has 1 aliphatic heterocycles. The molecule has 0 aromatic heterocycles. The van der Waals surface area contributed by atoms with E-state index in [0.717, 1.165) is 28.1 Å². The third-order valence-electron chi connectivity index (χ3n) is 5.46. The van der Waals surface area contributed by atoms with E-state index in [-0.39, 0.29) is 11.0 Å². The predicted octanol–water partition coefficient (Wildman–Crippen LogP) is 4.02. The van der Waals surface area contributed by atoms with Gasteiger partial charge in [-0.1, -0.05) is 45.0 Å². The van der Waals surface area contributed by atoms with E-state index in [1.54, 1.807) is 12.1 Å². The fourth-order valence-corrected chi connectivity index (χ4v) is 5.64. The zero-order valence-electron chi connectivity index (χ0n) is 17.0. The highest BCUT2D eigenvalue weighted by molar-refractivity contribution is 7.90. The molecule has 0 amide bonds. The van der Waals surface area contributed by atoms with E-state index >= 15 is 0 Å².